The predicted molar refractivity (Wildman–Crippen MR) is 68.5 cm³/mol. The SMILES string of the molecule is CCOC(=O)COCCNC1CCN2CCCC12. The molecule has 2 aliphatic rings. The van der Waals surface area contributed by atoms with Crippen LogP contribution in [0.3, 0.4) is 0 Å². The third-order valence-corrected chi connectivity index (χ3v) is 3.78. The van der Waals surface area contributed by atoms with Gasteiger partial charge < -0.3 is 14.8 Å². The van der Waals surface area contributed by atoms with Crippen LogP contribution < -0.4 is 5.32 Å². The monoisotopic (exact) mass is 256 g/mol. The topological polar surface area (TPSA) is 50.8 Å². The van der Waals surface area contributed by atoms with E-state index in [1.165, 1.54) is 32.4 Å². The van der Waals surface area contributed by atoms with Crippen molar-refractivity contribution in [3.63, 3.8) is 0 Å². The molecule has 0 aromatic heterocycles. The van der Waals surface area contributed by atoms with Gasteiger partial charge in [-0.15, -0.1) is 0 Å². The minimum atomic E-state index is -0.277. The highest BCUT2D eigenvalue weighted by Gasteiger charge is 2.36. The quantitative estimate of drug-likeness (QED) is 0.527. The summed E-state index contributed by atoms with van der Waals surface area (Å²) in [6.07, 6.45) is 3.89. The Hall–Kier alpha value is -0.650. The zero-order valence-corrected chi connectivity index (χ0v) is 11.2. The normalized spacial score (nSPS) is 27.4. The average molecular weight is 256 g/mol. The highest BCUT2D eigenvalue weighted by Crippen LogP contribution is 2.27. The van der Waals surface area contributed by atoms with Crippen molar-refractivity contribution in [1.29, 1.82) is 0 Å². The highest BCUT2D eigenvalue weighted by molar-refractivity contribution is 5.70. The van der Waals surface area contributed by atoms with Crippen LogP contribution in [0.25, 0.3) is 0 Å². The first kappa shape index (κ1) is 13.8. The minimum Gasteiger partial charge on any atom is -0.464 e. The molecule has 2 saturated heterocycles. The first-order valence-corrected chi connectivity index (χ1v) is 7.02. The van der Waals surface area contributed by atoms with Gasteiger partial charge in [-0.1, -0.05) is 0 Å². The van der Waals surface area contributed by atoms with Gasteiger partial charge in [0.2, 0.25) is 0 Å². The number of hydrogen-bond donors (Lipinski definition) is 1. The number of fused-ring (bicyclic) bond motifs is 1. The summed E-state index contributed by atoms with van der Waals surface area (Å²) < 4.78 is 10.1. The van der Waals surface area contributed by atoms with Gasteiger partial charge in [-0.25, -0.2) is 4.79 Å². The Kier molecular flexibility index (Phi) is 5.41. The molecule has 104 valence electrons. The largest absolute Gasteiger partial charge is 0.464 e. The lowest BCUT2D eigenvalue weighted by atomic mass is 10.1. The summed E-state index contributed by atoms with van der Waals surface area (Å²) in [5.74, 6) is -0.277. The second-order valence-corrected chi connectivity index (χ2v) is 4.95. The van der Waals surface area contributed by atoms with Crippen LogP contribution in [0.1, 0.15) is 26.2 Å². The number of carbonyl (C=O) groups excluding carboxylic acids is 1. The van der Waals surface area contributed by atoms with E-state index in [4.69, 9.17) is 9.47 Å². The molecule has 2 heterocycles. The van der Waals surface area contributed by atoms with Gasteiger partial charge in [0.15, 0.2) is 0 Å². The van der Waals surface area contributed by atoms with Gasteiger partial charge in [0.25, 0.3) is 0 Å². The maximum Gasteiger partial charge on any atom is 0.332 e. The molecule has 0 aromatic carbocycles. The predicted octanol–water partition coefficient (Wildman–Crippen LogP) is 0.392. The van der Waals surface area contributed by atoms with E-state index in [9.17, 15) is 4.79 Å². The fourth-order valence-electron chi connectivity index (χ4n) is 3.00. The lowest BCUT2D eigenvalue weighted by molar-refractivity contribution is -0.148. The maximum atomic E-state index is 11.0. The first-order valence-electron chi connectivity index (χ1n) is 7.02. The Labute approximate surface area is 109 Å². The summed E-state index contributed by atoms with van der Waals surface area (Å²) in [7, 11) is 0. The Balaban J connectivity index is 1.52. The van der Waals surface area contributed by atoms with E-state index in [2.05, 4.69) is 10.2 Å². The van der Waals surface area contributed by atoms with Crippen molar-refractivity contribution in [2.45, 2.75) is 38.3 Å². The third kappa shape index (κ3) is 3.67. The molecule has 0 saturated carbocycles. The van der Waals surface area contributed by atoms with Gasteiger partial charge in [-0.3, -0.25) is 4.90 Å². The van der Waals surface area contributed by atoms with Gasteiger partial charge in [-0.05, 0) is 32.7 Å². The first-order chi connectivity index (χ1) is 8.81. The number of ether oxygens (including phenoxy) is 2. The lowest BCUT2D eigenvalue weighted by Crippen LogP contribution is -2.40. The van der Waals surface area contributed by atoms with Crippen molar-refractivity contribution >= 4 is 5.97 Å². The van der Waals surface area contributed by atoms with E-state index >= 15 is 0 Å². The molecule has 0 aromatic rings. The second-order valence-electron chi connectivity index (χ2n) is 4.95. The number of esters is 1. The van der Waals surface area contributed by atoms with Crippen LogP contribution in [0, 0.1) is 0 Å². The van der Waals surface area contributed by atoms with E-state index in [0.29, 0.717) is 19.3 Å². The Morgan fingerprint density at radius 1 is 1.39 bits per heavy atom. The van der Waals surface area contributed by atoms with Crippen LogP contribution in [0.4, 0.5) is 0 Å². The smallest absolute Gasteiger partial charge is 0.332 e. The molecule has 18 heavy (non-hydrogen) atoms. The van der Waals surface area contributed by atoms with Crippen molar-refractivity contribution in [1.82, 2.24) is 10.2 Å². The van der Waals surface area contributed by atoms with Crippen LogP contribution in [0.15, 0.2) is 0 Å². The Bertz CT molecular complexity index is 273. The van der Waals surface area contributed by atoms with Gasteiger partial charge in [0.05, 0.1) is 13.2 Å². The Morgan fingerprint density at radius 3 is 3.11 bits per heavy atom. The molecule has 0 spiro atoms. The lowest BCUT2D eigenvalue weighted by Gasteiger charge is -2.21. The molecule has 2 rings (SSSR count). The van der Waals surface area contributed by atoms with E-state index in [0.717, 1.165) is 12.6 Å². The van der Waals surface area contributed by atoms with Crippen LogP contribution in [-0.4, -0.2) is 62.4 Å². The molecule has 0 bridgehead atoms. The molecule has 2 aliphatic heterocycles. The van der Waals surface area contributed by atoms with E-state index in [1.807, 2.05) is 0 Å². The summed E-state index contributed by atoms with van der Waals surface area (Å²) in [4.78, 5) is 13.6. The average Bonchev–Trinajstić information content (AvgIpc) is 2.93. The highest BCUT2D eigenvalue weighted by atomic mass is 16.6. The van der Waals surface area contributed by atoms with Crippen LogP contribution >= 0.6 is 0 Å². The molecular weight excluding hydrogens is 232 g/mol. The standard InChI is InChI=1S/C13H24N2O3/c1-2-18-13(16)10-17-9-6-14-11-5-8-15-7-3-4-12(11)15/h11-12,14H,2-10H2,1H3. The second kappa shape index (κ2) is 7.07. The summed E-state index contributed by atoms with van der Waals surface area (Å²) in [5, 5.41) is 3.54. The van der Waals surface area contributed by atoms with Crippen molar-refractivity contribution < 1.29 is 14.3 Å². The van der Waals surface area contributed by atoms with Crippen molar-refractivity contribution in [2.24, 2.45) is 0 Å². The number of nitrogens with zero attached hydrogens (tertiary/aromatic N) is 1. The molecule has 0 radical (unpaired) electrons. The molecule has 5 heteroatoms. The summed E-state index contributed by atoms with van der Waals surface area (Å²) in [5.41, 5.74) is 0. The molecular formula is C13H24N2O3. The summed E-state index contributed by atoms with van der Waals surface area (Å²) in [6, 6.07) is 1.34. The Morgan fingerprint density at radius 2 is 2.28 bits per heavy atom. The van der Waals surface area contributed by atoms with Gasteiger partial charge >= 0.3 is 5.97 Å². The van der Waals surface area contributed by atoms with Gasteiger partial charge in [-0.2, -0.15) is 0 Å². The summed E-state index contributed by atoms with van der Waals surface area (Å²) in [6.45, 7) is 6.16. The van der Waals surface area contributed by atoms with E-state index < -0.39 is 0 Å². The molecule has 0 aliphatic carbocycles. The number of carbonyl (C=O) groups is 1. The zero-order valence-electron chi connectivity index (χ0n) is 11.2. The number of rotatable bonds is 7. The van der Waals surface area contributed by atoms with Crippen molar-refractivity contribution in [3.05, 3.63) is 0 Å². The fraction of sp³-hybridized carbons (Fsp3) is 0.923. The molecule has 2 fully saturated rings. The fourth-order valence-corrected chi connectivity index (χ4v) is 3.00. The van der Waals surface area contributed by atoms with Gasteiger partial charge in [0, 0.05) is 25.2 Å². The molecule has 1 N–H and O–H groups in total. The van der Waals surface area contributed by atoms with E-state index in [1.54, 1.807) is 6.92 Å². The minimum absolute atomic E-state index is 0.0652. The van der Waals surface area contributed by atoms with Crippen LogP contribution in [0.2, 0.25) is 0 Å². The third-order valence-electron chi connectivity index (χ3n) is 3.78. The molecule has 2 unspecified atom stereocenters. The number of hydrogen-bond acceptors (Lipinski definition) is 5. The molecule has 0 amide bonds. The number of nitrogens with one attached hydrogen (secondary N) is 1. The van der Waals surface area contributed by atoms with E-state index in [-0.39, 0.29) is 12.6 Å². The van der Waals surface area contributed by atoms with Crippen LogP contribution in [0.5, 0.6) is 0 Å². The summed E-state index contributed by atoms with van der Waals surface area (Å²) >= 11 is 0. The van der Waals surface area contributed by atoms with Crippen molar-refractivity contribution in [3.8, 4) is 0 Å². The van der Waals surface area contributed by atoms with Crippen molar-refractivity contribution in [2.75, 3.05) is 39.5 Å². The molecule has 5 nitrogen and oxygen atoms in total. The molecule has 2 atom stereocenters. The van der Waals surface area contributed by atoms with Crippen LogP contribution in [-0.2, 0) is 14.3 Å². The zero-order chi connectivity index (χ0) is 12.8. The maximum absolute atomic E-state index is 11.0. The van der Waals surface area contributed by atoms with Gasteiger partial charge in [0.1, 0.15) is 6.61 Å².